The first-order valence-electron chi connectivity index (χ1n) is 5.78. The van der Waals surface area contributed by atoms with Gasteiger partial charge in [-0.2, -0.15) is 0 Å². The lowest BCUT2D eigenvalue weighted by Gasteiger charge is -2.13. The first kappa shape index (κ1) is 14.6. The molecule has 5 nitrogen and oxygen atoms in total. The molecular formula is C13H14ClN3O2S. The summed E-state index contributed by atoms with van der Waals surface area (Å²) in [6, 6.07) is 11.4. The average molecular weight is 312 g/mol. The van der Waals surface area contributed by atoms with Crippen molar-refractivity contribution < 1.29 is 8.42 Å². The number of hydrogen-bond donors (Lipinski definition) is 3. The molecule has 2 aromatic carbocycles. The van der Waals surface area contributed by atoms with E-state index in [0.29, 0.717) is 16.4 Å². The zero-order valence-corrected chi connectivity index (χ0v) is 12.3. The van der Waals surface area contributed by atoms with Crippen LogP contribution in [0.5, 0.6) is 0 Å². The molecule has 4 N–H and O–H groups in total. The lowest BCUT2D eigenvalue weighted by molar-refractivity contribution is 0.601. The van der Waals surface area contributed by atoms with Crippen molar-refractivity contribution in [2.45, 2.75) is 11.8 Å². The summed E-state index contributed by atoms with van der Waals surface area (Å²) in [7, 11) is -3.77. The molecule has 0 spiro atoms. The van der Waals surface area contributed by atoms with Gasteiger partial charge in [0.05, 0.1) is 16.4 Å². The number of aryl methyl sites for hydroxylation is 1. The number of nitrogen functional groups attached to an aromatic ring is 1. The van der Waals surface area contributed by atoms with Crippen LogP contribution in [0.25, 0.3) is 0 Å². The van der Waals surface area contributed by atoms with E-state index in [1.54, 1.807) is 36.4 Å². The molecule has 0 aromatic heterocycles. The summed E-state index contributed by atoms with van der Waals surface area (Å²) in [5.74, 6) is 5.33. The molecule has 0 fully saturated rings. The molecule has 20 heavy (non-hydrogen) atoms. The maximum absolute atomic E-state index is 12.4. The number of halogens is 1. The molecule has 0 bridgehead atoms. The molecule has 7 heteroatoms. The van der Waals surface area contributed by atoms with Gasteiger partial charge in [0.25, 0.3) is 10.0 Å². The first-order chi connectivity index (χ1) is 9.44. The lowest BCUT2D eigenvalue weighted by atomic mass is 10.2. The Kier molecular flexibility index (Phi) is 4.17. The Morgan fingerprint density at radius 1 is 1.10 bits per heavy atom. The number of sulfonamides is 1. The lowest BCUT2D eigenvalue weighted by Crippen LogP contribution is -2.17. The molecule has 0 saturated carbocycles. The van der Waals surface area contributed by atoms with Gasteiger partial charge in [-0.1, -0.05) is 29.8 Å². The average Bonchev–Trinajstić information content (AvgIpc) is 2.42. The third kappa shape index (κ3) is 3.04. The molecule has 2 rings (SSSR count). The minimum Gasteiger partial charge on any atom is -0.323 e. The van der Waals surface area contributed by atoms with Gasteiger partial charge in [-0.15, -0.1) is 0 Å². The Hall–Kier alpha value is -1.76. The Labute approximate surface area is 122 Å². The van der Waals surface area contributed by atoms with Crippen LogP contribution in [-0.4, -0.2) is 8.42 Å². The van der Waals surface area contributed by atoms with E-state index >= 15 is 0 Å². The normalized spacial score (nSPS) is 11.2. The molecule has 0 atom stereocenters. The van der Waals surface area contributed by atoms with Crippen LogP contribution >= 0.6 is 11.6 Å². The molecule has 0 aliphatic rings. The van der Waals surface area contributed by atoms with Gasteiger partial charge >= 0.3 is 0 Å². The first-order valence-corrected chi connectivity index (χ1v) is 7.65. The van der Waals surface area contributed by atoms with Crippen LogP contribution in [0.2, 0.25) is 5.02 Å². The molecule has 0 heterocycles. The van der Waals surface area contributed by atoms with E-state index in [4.69, 9.17) is 17.4 Å². The zero-order chi connectivity index (χ0) is 14.8. The minimum absolute atomic E-state index is 0.0556. The van der Waals surface area contributed by atoms with E-state index in [9.17, 15) is 8.42 Å². The maximum Gasteiger partial charge on any atom is 0.264 e. The van der Waals surface area contributed by atoms with Crippen LogP contribution in [0, 0.1) is 6.92 Å². The monoisotopic (exact) mass is 311 g/mol. The van der Waals surface area contributed by atoms with Crippen LogP contribution in [0.1, 0.15) is 5.56 Å². The quantitative estimate of drug-likeness (QED) is 0.599. The van der Waals surface area contributed by atoms with Crippen molar-refractivity contribution in [1.29, 1.82) is 0 Å². The largest absolute Gasteiger partial charge is 0.323 e. The molecular weight excluding hydrogens is 298 g/mol. The summed E-state index contributed by atoms with van der Waals surface area (Å²) >= 11 is 6.00. The number of anilines is 2. The summed E-state index contributed by atoms with van der Waals surface area (Å²) in [5, 5.41) is 0.331. The molecule has 0 amide bonds. The van der Waals surface area contributed by atoms with Crippen molar-refractivity contribution in [1.82, 2.24) is 0 Å². The highest BCUT2D eigenvalue weighted by molar-refractivity contribution is 7.92. The number of benzene rings is 2. The van der Waals surface area contributed by atoms with E-state index in [-0.39, 0.29) is 4.90 Å². The molecule has 106 valence electrons. The predicted molar refractivity (Wildman–Crippen MR) is 81.2 cm³/mol. The van der Waals surface area contributed by atoms with Crippen LogP contribution < -0.4 is 16.0 Å². The fraction of sp³-hybridized carbons (Fsp3) is 0.0769. The van der Waals surface area contributed by atoms with Gasteiger partial charge < -0.3 is 5.43 Å². The van der Waals surface area contributed by atoms with Crippen molar-refractivity contribution in [3.63, 3.8) is 0 Å². The number of hydrogen-bond acceptors (Lipinski definition) is 4. The van der Waals surface area contributed by atoms with E-state index in [1.807, 2.05) is 6.92 Å². The summed E-state index contributed by atoms with van der Waals surface area (Å²) in [6.45, 7) is 1.85. The number of nitrogens with one attached hydrogen (secondary N) is 2. The van der Waals surface area contributed by atoms with Crippen molar-refractivity contribution in [3.8, 4) is 0 Å². The van der Waals surface area contributed by atoms with Crippen molar-refractivity contribution >= 4 is 33.0 Å². The van der Waals surface area contributed by atoms with Gasteiger partial charge in [0.15, 0.2) is 0 Å². The van der Waals surface area contributed by atoms with E-state index in [2.05, 4.69) is 10.1 Å². The van der Waals surface area contributed by atoms with Crippen LogP contribution in [0.3, 0.4) is 0 Å². The summed E-state index contributed by atoms with van der Waals surface area (Å²) in [4.78, 5) is 0.0556. The minimum atomic E-state index is -3.77. The van der Waals surface area contributed by atoms with Crippen molar-refractivity contribution in [2.75, 3.05) is 10.1 Å². The summed E-state index contributed by atoms with van der Waals surface area (Å²) in [5.41, 5.74) is 3.90. The van der Waals surface area contributed by atoms with Gasteiger partial charge in [-0.05, 0) is 36.8 Å². The SMILES string of the molecule is Cc1ccc(Cl)c(NS(=O)(=O)c2ccccc2NN)c1. The third-order valence-corrected chi connectivity index (χ3v) is 4.45. The second-order valence-corrected chi connectivity index (χ2v) is 6.29. The highest BCUT2D eigenvalue weighted by Gasteiger charge is 2.19. The second-order valence-electron chi connectivity index (χ2n) is 4.23. The highest BCUT2D eigenvalue weighted by atomic mass is 35.5. The Balaban J connectivity index is 2.43. The predicted octanol–water partition coefficient (Wildman–Crippen LogP) is 2.73. The zero-order valence-electron chi connectivity index (χ0n) is 10.7. The van der Waals surface area contributed by atoms with Gasteiger partial charge in [-0.3, -0.25) is 10.6 Å². The summed E-state index contributed by atoms with van der Waals surface area (Å²) < 4.78 is 27.2. The third-order valence-electron chi connectivity index (χ3n) is 2.70. The molecule has 0 radical (unpaired) electrons. The van der Waals surface area contributed by atoms with Crippen LogP contribution in [-0.2, 0) is 10.0 Å². The second kappa shape index (κ2) is 5.70. The van der Waals surface area contributed by atoms with Crippen molar-refractivity contribution in [2.24, 2.45) is 5.84 Å². The maximum atomic E-state index is 12.4. The van der Waals surface area contributed by atoms with E-state index in [1.165, 1.54) is 6.07 Å². The number of para-hydroxylation sites is 1. The van der Waals surface area contributed by atoms with Gasteiger partial charge in [0, 0.05) is 0 Å². The topological polar surface area (TPSA) is 84.2 Å². The van der Waals surface area contributed by atoms with Crippen molar-refractivity contribution in [3.05, 3.63) is 53.1 Å². The summed E-state index contributed by atoms with van der Waals surface area (Å²) in [6.07, 6.45) is 0. The number of nitrogens with two attached hydrogens (primary N) is 1. The molecule has 0 saturated heterocycles. The Morgan fingerprint density at radius 2 is 1.80 bits per heavy atom. The fourth-order valence-corrected chi connectivity index (χ4v) is 3.20. The Bertz CT molecular complexity index is 732. The smallest absolute Gasteiger partial charge is 0.264 e. The van der Waals surface area contributed by atoms with E-state index in [0.717, 1.165) is 5.56 Å². The standard InChI is InChI=1S/C13H14ClN3O2S/c1-9-6-7-10(14)12(8-9)17-20(18,19)13-5-3-2-4-11(13)16-15/h2-8,16-17H,15H2,1H3. The molecule has 0 unspecified atom stereocenters. The molecule has 0 aliphatic carbocycles. The van der Waals surface area contributed by atoms with Gasteiger partial charge in [-0.25, -0.2) is 8.42 Å². The molecule has 0 aliphatic heterocycles. The number of hydrazine groups is 1. The van der Waals surface area contributed by atoms with Crippen LogP contribution in [0.15, 0.2) is 47.4 Å². The highest BCUT2D eigenvalue weighted by Crippen LogP contribution is 2.27. The number of rotatable bonds is 4. The van der Waals surface area contributed by atoms with Gasteiger partial charge in [0.2, 0.25) is 0 Å². The molecule has 2 aromatic rings. The van der Waals surface area contributed by atoms with Gasteiger partial charge in [0.1, 0.15) is 4.90 Å². The van der Waals surface area contributed by atoms with E-state index < -0.39 is 10.0 Å². The Morgan fingerprint density at radius 3 is 2.50 bits per heavy atom. The fourth-order valence-electron chi connectivity index (χ4n) is 1.74. The van der Waals surface area contributed by atoms with Crippen LogP contribution in [0.4, 0.5) is 11.4 Å².